The largest absolute Gasteiger partial charge is 0.486 e. The molecule has 0 radical (unpaired) electrons. The fraction of sp³-hybridized carbons (Fsp3) is 0.143. The van der Waals surface area contributed by atoms with Gasteiger partial charge in [0.15, 0.2) is 11.6 Å². The SMILES string of the molecule is NCc1cc(COc2cc(F)ccc2F)ccc1F. The summed E-state index contributed by atoms with van der Waals surface area (Å²) in [6.45, 7) is 0.0711. The molecule has 0 heterocycles. The summed E-state index contributed by atoms with van der Waals surface area (Å²) in [5, 5.41) is 0. The van der Waals surface area contributed by atoms with Crippen molar-refractivity contribution in [3.8, 4) is 5.75 Å². The molecule has 0 unspecified atom stereocenters. The zero-order valence-electron chi connectivity index (χ0n) is 10.00. The molecular weight excluding hydrogens is 255 g/mol. The molecule has 0 aliphatic carbocycles. The lowest BCUT2D eigenvalue weighted by Gasteiger charge is -2.09. The van der Waals surface area contributed by atoms with Crippen molar-refractivity contribution < 1.29 is 17.9 Å². The Morgan fingerprint density at radius 2 is 1.68 bits per heavy atom. The van der Waals surface area contributed by atoms with E-state index >= 15 is 0 Å². The van der Waals surface area contributed by atoms with Gasteiger partial charge in [0.2, 0.25) is 0 Å². The number of rotatable bonds is 4. The maximum absolute atomic E-state index is 13.3. The number of ether oxygens (including phenoxy) is 1. The second-order valence-electron chi connectivity index (χ2n) is 3.99. The number of halogens is 3. The van der Waals surface area contributed by atoms with Crippen molar-refractivity contribution >= 4 is 0 Å². The highest BCUT2D eigenvalue weighted by Crippen LogP contribution is 2.20. The van der Waals surface area contributed by atoms with Gasteiger partial charge in [0.1, 0.15) is 18.2 Å². The van der Waals surface area contributed by atoms with Gasteiger partial charge < -0.3 is 10.5 Å². The lowest BCUT2D eigenvalue weighted by Crippen LogP contribution is -2.03. The molecule has 0 spiro atoms. The van der Waals surface area contributed by atoms with E-state index < -0.39 is 17.5 Å². The highest BCUT2D eigenvalue weighted by atomic mass is 19.1. The summed E-state index contributed by atoms with van der Waals surface area (Å²) >= 11 is 0. The lowest BCUT2D eigenvalue weighted by atomic mass is 10.1. The van der Waals surface area contributed by atoms with Crippen LogP contribution < -0.4 is 10.5 Å². The van der Waals surface area contributed by atoms with Crippen LogP contribution in [0.2, 0.25) is 0 Å². The Morgan fingerprint density at radius 3 is 2.42 bits per heavy atom. The standard InChI is InChI=1S/C14H12F3NO/c15-11-2-4-13(17)14(6-11)19-8-9-1-3-12(16)10(5-9)7-18/h1-6H,7-8,18H2. The van der Waals surface area contributed by atoms with Crippen molar-refractivity contribution in [2.75, 3.05) is 0 Å². The first-order valence-corrected chi connectivity index (χ1v) is 5.65. The minimum absolute atomic E-state index is 0.00759. The van der Waals surface area contributed by atoms with Crippen LogP contribution in [0.25, 0.3) is 0 Å². The van der Waals surface area contributed by atoms with E-state index in [1.54, 1.807) is 0 Å². The lowest BCUT2D eigenvalue weighted by molar-refractivity contribution is 0.288. The average molecular weight is 267 g/mol. The Labute approximate surface area is 108 Å². The van der Waals surface area contributed by atoms with Crippen molar-refractivity contribution in [1.29, 1.82) is 0 Å². The quantitative estimate of drug-likeness (QED) is 0.923. The molecule has 0 amide bonds. The van der Waals surface area contributed by atoms with E-state index in [9.17, 15) is 13.2 Å². The summed E-state index contributed by atoms with van der Waals surface area (Å²) in [7, 11) is 0. The van der Waals surface area contributed by atoms with Crippen LogP contribution in [0.4, 0.5) is 13.2 Å². The summed E-state index contributed by atoms with van der Waals surface area (Å²) < 4.78 is 44.6. The van der Waals surface area contributed by atoms with Crippen LogP contribution in [-0.4, -0.2) is 0 Å². The van der Waals surface area contributed by atoms with E-state index in [4.69, 9.17) is 10.5 Å². The zero-order valence-corrected chi connectivity index (χ0v) is 10.00. The number of nitrogens with two attached hydrogens (primary N) is 1. The second-order valence-corrected chi connectivity index (χ2v) is 3.99. The third kappa shape index (κ3) is 3.26. The molecule has 2 nitrogen and oxygen atoms in total. The molecule has 100 valence electrons. The number of benzene rings is 2. The summed E-state index contributed by atoms with van der Waals surface area (Å²) in [6.07, 6.45) is 0. The number of hydrogen-bond acceptors (Lipinski definition) is 2. The molecule has 0 aromatic heterocycles. The molecule has 19 heavy (non-hydrogen) atoms. The molecule has 0 atom stereocenters. The van der Waals surface area contributed by atoms with E-state index in [1.165, 1.54) is 18.2 Å². The van der Waals surface area contributed by atoms with Crippen molar-refractivity contribution in [1.82, 2.24) is 0 Å². The van der Waals surface area contributed by atoms with Crippen molar-refractivity contribution in [3.05, 3.63) is 65.0 Å². The first-order chi connectivity index (χ1) is 9.10. The molecule has 2 aromatic rings. The van der Waals surface area contributed by atoms with Crippen LogP contribution in [0.3, 0.4) is 0 Å². The molecule has 0 saturated heterocycles. The third-order valence-corrected chi connectivity index (χ3v) is 2.62. The van der Waals surface area contributed by atoms with Crippen molar-refractivity contribution in [2.24, 2.45) is 5.73 Å². The topological polar surface area (TPSA) is 35.2 Å². The predicted molar refractivity (Wildman–Crippen MR) is 65.0 cm³/mol. The molecule has 0 fully saturated rings. The molecule has 0 bridgehead atoms. The summed E-state index contributed by atoms with van der Waals surface area (Å²) in [5.74, 6) is -1.82. The average Bonchev–Trinajstić information content (AvgIpc) is 2.41. The molecule has 2 aromatic carbocycles. The van der Waals surface area contributed by atoms with Crippen LogP contribution in [0, 0.1) is 17.5 Å². The van der Waals surface area contributed by atoms with Crippen molar-refractivity contribution in [3.63, 3.8) is 0 Å². The molecule has 5 heteroatoms. The zero-order chi connectivity index (χ0) is 13.8. The highest BCUT2D eigenvalue weighted by Gasteiger charge is 2.07. The monoisotopic (exact) mass is 267 g/mol. The first kappa shape index (κ1) is 13.4. The van der Waals surface area contributed by atoms with Crippen LogP contribution in [0.5, 0.6) is 5.75 Å². The molecule has 0 aliphatic rings. The van der Waals surface area contributed by atoms with Gasteiger partial charge in [-0.05, 0) is 29.8 Å². The highest BCUT2D eigenvalue weighted by molar-refractivity contribution is 5.27. The van der Waals surface area contributed by atoms with Gasteiger partial charge in [0.25, 0.3) is 0 Å². The molecule has 0 aliphatic heterocycles. The van der Waals surface area contributed by atoms with E-state index in [1.807, 2.05) is 0 Å². The maximum Gasteiger partial charge on any atom is 0.165 e. The predicted octanol–water partition coefficient (Wildman–Crippen LogP) is 3.14. The van der Waals surface area contributed by atoms with E-state index in [0.29, 0.717) is 11.1 Å². The van der Waals surface area contributed by atoms with Crippen LogP contribution in [0.15, 0.2) is 36.4 Å². The minimum atomic E-state index is -0.650. The fourth-order valence-electron chi connectivity index (χ4n) is 1.62. The Bertz CT molecular complexity index is 587. The van der Waals surface area contributed by atoms with Gasteiger partial charge in [-0.3, -0.25) is 0 Å². The van der Waals surface area contributed by atoms with Gasteiger partial charge in [-0.2, -0.15) is 0 Å². The Kier molecular flexibility index (Phi) is 4.06. The first-order valence-electron chi connectivity index (χ1n) is 5.65. The van der Waals surface area contributed by atoms with E-state index in [2.05, 4.69) is 0 Å². The summed E-state index contributed by atoms with van der Waals surface area (Å²) in [4.78, 5) is 0. The van der Waals surface area contributed by atoms with Crippen LogP contribution in [0.1, 0.15) is 11.1 Å². The van der Waals surface area contributed by atoms with Gasteiger partial charge in [-0.25, -0.2) is 13.2 Å². The van der Waals surface area contributed by atoms with Crippen LogP contribution >= 0.6 is 0 Å². The van der Waals surface area contributed by atoms with E-state index in [-0.39, 0.29) is 18.9 Å². The Morgan fingerprint density at radius 1 is 0.947 bits per heavy atom. The van der Waals surface area contributed by atoms with Gasteiger partial charge in [0, 0.05) is 18.2 Å². The third-order valence-electron chi connectivity index (χ3n) is 2.62. The molecular formula is C14H12F3NO. The van der Waals surface area contributed by atoms with Gasteiger partial charge >= 0.3 is 0 Å². The Hall–Kier alpha value is -2.01. The fourth-order valence-corrected chi connectivity index (χ4v) is 1.62. The van der Waals surface area contributed by atoms with Gasteiger partial charge in [0.05, 0.1) is 0 Å². The Balaban J connectivity index is 2.12. The number of hydrogen-bond donors (Lipinski definition) is 1. The minimum Gasteiger partial charge on any atom is -0.486 e. The summed E-state index contributed by atoms with van der Waals surface area (Å²) in [5.41, 5.74) is 6.36. The van der Waals surface area contributed by atoms with Crippen LogP contribution in [-0.2, 0) is 13.2 Å². The maximum atomic E-state index is 13.3. The summed E-state index contributed by atoms with van der Waals surface area (Å²) in [6, 6.07) is 7.26. The van der Waals surface area contributed by atoms with Crippen molar-refractivity contribution in [2.45, 2.75) is 13.2 Å². The van der Waals surface area contributed by atoms with Gasteiger partial charge in [-0.1, -0.05) is 6.07 Å². The normalized spacial score (nSPS) is 10.5. The second kappa shape index (κ2) is 5.75. The van der Waals surface area contributed by atoms with Gasteiger partial charge in [-0.15, -0.1) is 0 Å². The smallest absolute Gasteiger partial charge is 0.165 e. The van der Waals surface area contributed by atoms with E-state index in [0.717, 1.165) is 18.2 Å². The molecule has 2 rings (SSSR count). The molecule has 0 saturated carbocycles. The molecule has 2 N–H and O–H groups in total.